The van der Waals surface area contributed by atoms with Crippen molar-refractivity contribution in [3.05, 3.63) is 64.7 Å². The van der Waals surface area contributed by atoms with Gasteiger partial charge in [-0.25, -0.2) is 8.42 Å². The van der Waals surface area contributed by atoms with Crippen molar-refractivity contribution in [1.82, 2.24) is 5.32 Å². The van der Waals surface area contributed by atoms with Crippen LogP contribution in [0.3, 0.4) is 0 Å². The van der Waals surface area contributed by atoms with Gasteiger partial charge in [-0.1, -0.05) is 11.6 Å². The average Bonchev–Trinajstić information content (AvgIpc) is 2.93. The molecule has 8 heteroatoms. The zero-order valence-corrected chi connectivity index (χ0v) is 16.8. The van der Waals surface area contributed by atoms with Crippen LogP contribution < -0.4 is 10.1 Å². The van der Waals surface area contributed by atoms with E-state index in [1.165, 1.54) is 0 Å². The molecule has 1 heterocycles. The molecule has 28 heavy (non-hydrogen) atoms. The largest absolute Gasteiger partial charge is 0.484 e. The number of amides is 1. The second-order valence-corrected chi connectivity index (χ2v) is 9.72. The van der Waals surface area contributed by atoms with Crippen molar-refractivity contribution >= 4 is 33.1 Å². The first-order chi connectivity index (χ1) is 13.2. The van der Waals surface area contributed by atoms with Crippen molar-refractivity contribution in [3.8, 4) is 5.75 Å². The first-order valence-electron chi connectivity index (χ1n) is 8.70. The van der Waals surface area contributed by atoms with Gasteiger partial charge in [-0.2, -0.15) is 0 Å². The summed E-state index contributed by atoms with van der Waals surface area (Å²) in [4.78, 5) is 24.5. The Bertz CT molecular complexity index is 986. The number of nitrogens with one attached hydrogen (secondary N) is 1. The van der Waals surface area contributed by atoms with Gasteiger partial charge in [-0.15, -0.1) is 0 Å². The minimum Gasteiger partial charge on any atom is -0.484 e. The monoisotopic (exact) mass is 421 g/mol. The lowest BCUT2D eigenvalue weighted by atomic mass is 10.0. The molecule has 2 aromatic rings. The molecule has 0 spiro atoms. The minimum atomic E-state index is -3.10. The van der Waals surface area contributed by atoms with Gasteiger partial charge in [0.1, 0.15) is 5.75 Å². The third-order valence-electron chi connectivity index (χ3n) is 4.54. The lowest BCUT2D eigenvalue weighted by Gasteiger charge is -2.23. The summed E-state index contributed by atoms with van der Waals surface area (Å²) in [6.07, 6.45) is 0.391. The maximum Gasteiger partial charge on any atom is 0.258 e. The Labute approximate surface area is 168 Å². The number of sulfone groups is 1. The standard InChI is InChI=1S/C20H20ClNO5S/c1-20(10-11-28(25,26)13-20)22-18(23)12-27-17-8-4-15(5-9-17)19(24)14-2-6-16(21)7-3-14/h2-9H,10-13H2,1H3,(H,22,23)/t20-/m1/s1. The molecule has 0 radical (unpaired) electrons. The number of carbonyl (C=O) groups is 2. The van der Waals surface area contributed by atoms with E-state index in [0.717, 1.165) is 0 Å². The van der Waals surface area contributed by atoms with Gasteiger partial charge in [-0.05, 0) is 61.9 Å². The molecule has 1 saturated heterocycles. The molecule has 1 aliphatic heterocycles. The van der Waals surface area contributed by atoms with Crippen LogP contribution in [-0.2, 0) is 14.6 Å². The predicted molar refractivity (Wildman–Crippen MR) is 107 cm³/mol. The van der Waals surface area contributed by atoms with E-state index in [1.54, 1.807) is 55.5 Å². The van der Waals surface area contributed by atoms with E-state index in [0.29, 0.717) is 28.3 Å². The molecule has 2 aromatic carbocycles. The summed E-state index contributed by atoms with van der Waals surface area (Å²) in [5.74, 6) is -0.0784. The molecule has 6 nitrogen and oxygen atoms in total. The Morgan fingerprint density at radius 2 is 1.64 bits per heavy atom. The summed E-state index contributed by atoms with van der Waals surface area (Å²) >= 11 is 5.83. The van der Waals surface area contributed by atoms with Crippen molar-refractivity contribution < 1.29 is 22.7 Å². The van der Waals surface area contributed by atoms with Crippen LogP contribution in [0, 0.1) is 0 Å². The van der Waals surface area contributed by atoms with Crippen molar-refractivity contribution in [1.29, 1.82) is 0 Å². The summed E-state index contributed by atoms with van der Waals surface area (Å²) in [6.45, 7) is 1.48. The number of hydrogen-bond donors (Lipinski definition) is 1. The molecule has 1 atom stereocenters. The van der Waals surface area contributed by atoms with Crippen LogP contribution in [0.5, 0.6) is 5.75 Å². The van der Waals surface area contributed by atoms with Gasteiger partial charge in [0.15, 0.2) is 22.2 Å². The Kier molecular flexibility index (Phi) is 5.76. The topological polar surface area (TPSA) is 89.5 Å². The predicted octanol–water partition coefficient (Wildman–Crippen LogP) is 2.64. The second kappa shape index (κ2) is 7.93. The number of halogens is 1. The summed E-state index contributed by atoms with van der Waals surface area (Å²) < 4.78 is 28.6. The molecular weight excluding hydrogens is 402 g/mol. The number of rotatable bonds is 6. The van der Waals surface area contributed by atoms with Crippen LogP contribution in [0.2, 0.25) is 5.02 Å². The SMILES string of the molecule is C[C@@]1(NC(=O)COc2ccc(C(=O)c3ccc(Cl)cc3)cc2)CCS(=O)(=O)C1. The lowest BCUT2D eigenvalue weighted by Crippen LogP contribution is -2.48. The number of benzene rings is 2. The zero-order valence-electron chi connectivity index (χ0n) is 15.3. The molecule has 1 fully saturated rings. The molecule has 0 bridgehead atoms. The van der Waals surface area contributed by atoms with Crippen LogP contribution in [0.1, 0.15) is 29.3 Å². The Hall–Kier alpha value is -2.38. The van der Waals surface area contributed by atoms with E-state index in [4.69, 9.17) is 16.3 Å². The van der Waals surface area contributed by atoms with E-state index in [-0.39, 0.29) is 29.8 Å². The van der Waals surface area contributed by atoms with Gasteiger partial charge >= 0.3 is 0 Å². The van der Waals surface area contributed by atoms with Crippen LogP contribution in [-0.4, -0.2) is 43.8 Å². The highest BCUT2D eigenvalue weighted by Gasteiger charge is 2.39. The molecule has 3 rings (SSSR count). The Balaban J connectivity index is 1.55. The average molecular weight is 422 g/mol. The van der Waals surface area contributed by atoms with Crippen LogP contribution in [0.25, 0.3) is 0 Å². The summed E-state index contributed by atoms with van der Waals surface area (Å²) in [7, 11) is -3.10. The third kappa shape index (κ3) is 5.11. The van der Waals surface area contributed by atoms with Crippen molar-refractivity contribution in [2.75, 3.05) is 18.1 Å². The van der Waals surface area contributed by atoms with Gasteiger partial charge in [0.2, 0.25) is 0 Å². The molecule has 1 aliphatic rings. The summed E-state index contributed by atoms with van der Waals surface area (Å²) in [6, 6.07) is 13.1. The Morgan fingerprint density at radius 1 is 1.07 bits per heavy atom. The molecular formula is C20H20ClNO5S. The molecule has 1 N–H and O–H groups in total. The van der Waals surface area contributed by atoms with Crippen LogP contribution >= 0.6 is 11.6 Å². The highest BCUT2D eigenvalue weighted by Crippen LogP contribution is 2.23. The van der Waals surface area contributed by atoms with Gasteiger partial charge in [0, 0.05) is 16.1 Å². The van der Waals surface area contributed by atoms with Gasteiger partial charge in [-0.3, -0.25) is 9.59 Å². The van der Waals surface area contributed by atoms with Crippen LogP contribution in [0.4, 0.5) is 0 Å². The number of hydrogen-bond acceptors (Lipinski definition) is 5. The Morgan fingerprint density at radius 3 is 2.18 bits per heavy atom. The quantitative estimate of drug-likeness (QED) is 0.724. The number of ether oxygens (including phenoxy) is 1. The van der Waals surface area contributed by atoms with Crippen LogP contribution in [0.15, 0.2) is 48.5 Å². The fourth-order valence-corrected chi connectivity index (χ4v) is 5.32. The molecule has 0 aromatic heterocycles. The second-order valence-electron chi connectivity index (χ2n) is 7.10. The molecule has 0 saturated carbocycles. The summed E-state index contributed by atoms with van der Waals surface area (Å²) in [5, 5.41) is 3.29. The van der Waals surface area contributed by atoms with Crippen molar-refractivity contribution in [2.45, 2.75) is 18.9 Å². The van der Waals surface area contributed by atoms with E-state index in [1.807, 2.05) is 0 Å². The third-order valence-corrected chi connectivity index (χ3v) is 6.69. The first kappa shape index (κ1) is 20.4. The van der Waals surface area contributed by atoms with Gasteiger partial charge in [0.05, 0.1) is 17.0 Å². The zero-order chi connectivity index (χ0) is 20.4. The highest BCUT2D eigenvalue weighted by atomic mass is 35.5. The molecule has 0 unspecified atom stereocenters. The maximum atomic E-state index is 12.4. The fourth-order valence-electron chi connectivity index (χ4n) is 3.10. The summed E-state index contributed by atoms with van der Waals surface area (Å²) in [5.41, 5.74) is 0.258. The van der Waals surface area contributed by atoms with Crippen molar-refractivity contribution in [3.63, 3.8) is 0 Å². The number of carbonyl (C=O) groups excluding carboxylic acids is 2. The van der Waals surface area contributed by atoms with E-state index < -0.39 is 15.4 Å². The molecule has 0 aliphatic carbocycles. The van der Waals surface area contributed by atoms with E-state index in [9.17, 15) is 18.0 Å². The van der Waals surface area contributed by atoms with E-state index >= 15 is 0 Å². The smallest absolute Gasteiger partial charge is 0.258 e. The molecule has 148 valence electrons. The number of ketones is 1. The van der Waals surface area contributed by atoms with Gasteiger partial charge < -0.3 is 10.1 Å². The fraction of sp³-hybridized carbons (Fsp3) is 0.300. The lowest BCUT2D eigenvalue weighted by molar-refractivity contribution is -0.124. The first-order valence-corrected chi connectivity index (χ1v) is 10.9. The van der Waals surface area contributed by atoms with Crippen molar-refractivity contribution in [2.24, 2.45) is 0 Å². The molecule has 1 amide bonds. The minimum absolute atomic E-state index is 0.0623. The van der Waals surface area contributed by atoms with E-state index in [2.05, 4.69) is 5.32 Å². The normalized spacial score (nSPS) is 20.5. The maximum absolute atomic E-state index is 12.4. The highest BCUT2D eigenvalue weighted by molar-refractivity contribution is 7.91. The van der Waals surface area contributed by atoms with Gasteiger partial charge in [0.25, 0.3) is 5.91 Å².